The van der Waals surface area contributed by atoms with Crippen molar-refractivity contribution >= 4 is 40.5 Å². The summed E-state index contributed by atoms with van der Waals surface area (Å²) in [5, 5.41) is 15.5. The Morgan fingerprint density at radius 1 is 1.14 bits per heavy atom. The van der Waals surface area contributed by atoms with Crippen molar-refractivity contribution in [3.05, 3.63) is 98.8 Å². The molecule has 0 aliphatic heterocycles. The second kappa shape index (κ2) is 11.3. The van der Waals surface area contributed by atoms with Crippen LogP contribution in [0.3, 0.4) is 0 Å². The van der Waals surface area contributed by atoms with Gasteiger partial charge in [0.2, 0.25) is 0 Å². The third-order valence-electron chi connectivity index (χ3n) is 4.99. The number of hydrogen-bond acceptors (Lipinski definition) is 8. The summed E-state index contributed by atoms with van der Waals surface area (Å²) in [4.78, 5) is 40.6. The molecule has 0 radical (unpaired) electrons. The van der Waals surface area contributed by atoms with Gasteiger partial charge in [0.05, 0.1) is 40.1 Å². The van der Waals surface area contributed by atoms with E-state index < -0.39 is 10.8 Å². The molecule has 0 aliphatic rings. The molecule has 0 bridgehead atoms. The molecule has 0 spiro atoms. The molecule has 4 rings (SSSR count). The zero-order valence-electron chi connectivity index (χ0n) is 19.2. The van der Waals surface area contributed by atoms with E-state index >= 15 is 0 Å². The zero-order valence-corrected chi connectivity index (χ0v) is 20.0. The van der Waals surface area contributed by atoms with Crippen molar-refractivity contribution in [2.45, 2.75) is 12.1 Å². The Morgan fingerprint density at radius 2 is 1.86 bits per heavy atom. The topological polar surface area (TPSA) is 129 Å². The van der Waals surface area contributed by atoms with Crippen molar-refractivity contribution in [1.82, 2.24) is 15.0 Å². The summed E-state index contributed by atoms with van der Waals surface area (Å²) in [6.45, 7) is 2.42. The van der Waals surface area contributed by atoms with Crippen molar-refractivity contribution in [3.63, 3.8) is 0 Å². The highest BCUT2D eigenvalue weighted by molar-refractivity contribution is 7.99. The van der Waals surface area contributed by atoms with Crippen molar-refractivity contribution in [2.75, 3.05) is 12.4 Å². The molecule has 0 fully saturated rings. The Kier molecular flexibility index (Phi) is 7.71. The van der Waals surface area contributed by atoms with Gasteiger partial charge in [-0.25, -0.2) is 10.4 Å². The fourth-order valence-corrected chi connectivity index (χ4v) is 4.12. The molecule has 1 aromatic heterocycles. The van der Waals surface area contributed by atoms with Gasteiger partial charge in [0.25, 0.3) is 17.2 Å². The number of benzene rings is 3. The second-order valence-corrected chi connectivity index (χ2v) is 8.35. The van der Waals surface area contributed by atoms with Crippen molar-refractivity contribution in [1.29, 1.82) is 0 Å². The second-order valence-electron chi connectivity index (χ2n) is 7.41. The number of non-ortho nitro benzene ring substituents is 1. The van der Waals surface area contributed by atoms with Gasteiger partial charge in [0, 0.05) is 12.1 Å². The van der Waals surface area contributed by atoms with Gasteiger partial charge in [-0.2, -0.15) is 5.10 Å². The Labute approximate surface area is 209 Å². The summed E-state index contributed by atoms with van der Waals surface area (Å²) in [6, 6.07) is 19.9. The highest BCUT2D eigenvalue weighted by atomic mass is 32.2. The summed E-state index contributed by atoms with van der Waals surface area (Å²) in [7, 11) is 0. The Balaban J connectivity index is 1.52. The molecule has 3 aromatic carbocycles. The number of ether oxygens (including phenoxy) is 1. The normalized spacial score (nSPS) is 11.0. The molecule has 0 aliphatic carbocycles. The molecule has 1 amide bonds. The van der Waals surface area contributed by atoms with Gasteiger partial charge in [0.15, 0.2) is 5.16 Å². The van der Waals surface area contributed by atoms with E-state index in [0.717, 1.165) is 11.8 Å². The lowest BCUT2D eigenvalue weighted by molar-refractivity contribution is -0.384. The highest BCUT2D eigenvalue weighted by Crippen LogP contribution is 2.23. The molecule has 0 unspecified atom stereocenters. The van der Waals surface area contributed by atoms with Crippen LogP contribution in [-0.4, -0.2) is 39.0 Å². The van der Waals surface area contributed by atoms with Crippen molar-refractivity contribution in [2.24, 2.45) is 5.10 Å². The number of amides is 1. The van der Waals surface area contributed by atoms with Gasteiger partial charge in [0.1, 0.15) is 5.75 Å². The maximum absolute atomic E-state index is 13.3. The van der Waals surface area contributed by atoms with Gasteiger partial charge >= 0.3 is 0 Å². The highest BCUT2D eigenvalue weighted by Gasteiger charge is 2.15. The minimum absolute atomic E-state index is 0.0333. The van der Waals surface area contributed by atoms with Crippen LogP contribution in [0.15, 0.2) is 87.8 Å². The summed E-state index contributed by atoms with van der Waals surface area (Å²) < 4.78 is 6.96. The zero-order chi connectivity index (χ0) is 25.5. The number of carbonyl (C=O) groups excluding carboxylic acids is 1. The predicted octanol–water partition coefficient (Wildman–Crippen LogP) is 3.94. The Bertz CT molecular complexity index is 1480. The van der Waals surface area contributed by atoms with E-state index in [4.69, 9.17) is 4.74 Å². The van der Waals surface area contributed by atoms with Crippen molar-refractivity contribution < 1.29 is 14.5 Å². The third-order valence-corrected chi connectivity index (χ3v) is 5.93. The first-order valence-electron chi connectivity index (χ1n) is 10.9. The van der Waals surface area contributed by atoms with E-state index in [1.165, 1.54) is 35.0 Å². The summed E-state index contributed by atoms with van der Waals surface area (Å²) >= 11 is 1.10. The van der Waals surface area contributed by atoms with Gasteiger partial charge in [-0.05, 0) is 61.0 Å². The maximum atomic E-state index is 13.3. The number of nitro benzene ring substituents is 1. The van der Waals surface area contributed by atoms with E-state index in [-0.39, 0.29) is 17.0 Å². The monoisotopic (exact) mass is 503 g/mol. The molecule has 10 nitrogen and oxygen atoms in total. The SMILES string of the molecule is CCOc1ccc(-n2c(SCC(=O)NN=Cc3ccc([N+](=O)[O-])cc3)nc3ccccc3c2=O)cc1. The van der Waals surface area contributed by atoms with E-state index in [1.807, 2.05) is 6.92 Å². The standard InChI is InChI=1S/C25H21N5O5S/c1-2-35-20-13-11-18(12-14-20)29-24(32)21-5-3-4-6-22(21)27-25(29)36-16-23(31)28-26-15-17-7-9-19(10-8-17)30(33)34/h3-15H,2,16H2,1H3,(H,28,31). The average molecular weight is 504 g/mol. The first kappa shape index (κ1) is 24.6. The van der Waals surface area contributed by atoms with Gasteiger partial charge in [-0.15, -0.1) is 0 Å². The molecule has 1 N–H and O–H groups in total. The van der Waals surface area contributed by atoms with Crippen LogP contribution in [0.4, 0.5) is 5.69 Å². The van der Waals surface area contributed by atoms with Crippen LogP contribution in [0.25, 0.3) is 16.6 Å². The van der Waals surface area contributed by atoms with Crippen LogP contribution >= 0.6 is 11.8 Å². The molecule has 4 aromatic rings. The fraction of sp³-hybridized carbons (Fsp3) is 0.120. The number of fused-ring (bicyclic) bond motifs is 1. The number of nitro groups is 1. The number of thioether (sulfide) groups is 1. The number of rotatable bonds is 9. The third kappa shape index (κ3) is 5.76. The minimum Gasteiger partial charge on any atom is -0.494 e. The molecule has 0 atom stereocenters. The maximum Gasteiger partial charge on any atom is 0.269 e. The van der Waals surface area contributed by atoms with E-state index in [0.29, 0.717) is 39.7 Å². The summed E-state index contributed by atoms with van der Waals surface area (Å²) in [6.07, 6.45) is 1.39. The van der Waals surface area contributed by atoms with E-state index in [9.17, 15) is 19.7 Å². The number of carbonyl (C=O) groups is 1. The smallest absolute Gasteiger partial charge is 0.269 e. The molecule has 182 valence electrons. The minimum atomic E-state index is -0.492. The van der Waals surface area contributed by atoms with Gasteiger partial charge < -0.3 is 4.74 Å². The molecule has 11 heteroatoms. The summed E-state index contributed by atoms with van der Waals surface area (Å²) in [5.74, 6) is 0.237. The number of hydrogen-bond donors (Lipinski definition) is 1. The lowest BCUT2D eigenvalue weighted by atomic mass is 10.2. The molecule has 0 saturated heterocycles. The molecule has 36 heavy (non-hydrogen) atoms. The van der Waals surface area contributed by atoms with Crippen LogP contribution in [-0.2, 0) is 4.79 Å². The molecule has 1 heterocycles. The lowest BCUT2D eigenvalue weighted by Gasteiger charge is -2.13. The number of nitrogens with one attached hydrogen (secondary N) is 1. The molecule has 0 saturated carbocycles. The first-order valence-corrected chi connectivity index (χ1v) is 11.9. The number of nitrogens with zero attached hydrogens (tertiary/aromatic N) is 4. The van der Waals surface area contributed by atoms with Crippen LogP contribution in [0.1, 0.15) is 12.5 Å². The predicted molar refractivity (Wildman–Crippen MR) is 138 cm³/mol. The molecular weight excluding hydrogens is 482 g/mol. The number of hydrazone groups is 1. The quantitative estimate of drug-likeness (QED) is 0.120. The molecular formula is C25H21N5O5S. The van der Waals surface area contributed by atoms with E-state index in [2.05, 4.69) is 15.5 Å². The van der Waals surface area contributed by atoms with E-state index in [1.54, 1.807) is 48.5 Å². The van der Waals surface area contributed by atoms with Gasteiger partial charge in [-0.1, -0.05) is 23.9 Å². The first-order chi connectivity index (χ1) is 17.5. The number of aromatic nitrogens is 2. The number of para-hydroxylation sites is 1. The van der Waals surface area contributed by atoms with Crippen LogP contribution in [0, 0.1) is 10.1 Å². The fourth-order valence-electron chi connectivity index (χ4n) is 3.32. The average Bonchev–Trinajstić information content (AvgIpc) is 2.89. The van der Waals surface area contributed by atoms with Crippen LogP contribution in [0.5, 0.6) is 5.75 Å². The Morgan fingerprint density at radius 3 is 2.56 bits per heavy atom. The van der Waals surface area contributed by atoms with Crippen LogP contribution in [0.2, 0.25) is 0 Å². The Hall–Kier alpha value is -4.51. The van der Waals surface area contributed by atoms with Crippen molar-refractivity contribution in [3.8, 4) is 11.4 Å². The van der Waals surface area contributed by atoms with Gasteiger partial charge in [-0.3, -0.25) is 24.3 Å². The lowest BCUT2D eigenvalue weighted by Crippen LogP contribution is -2.24. The summed E-state index contributed by atoms with van der Waals surface area (Å²) in [5.41, 5.74) is 3.86. The van der Waals surface area contributed by atoms with Crippen LogP contribution < -0.4 is 15.7 Å². The largest absolute Gasteiger partial charge is 0.494 e.